The Morgan fingerprint density at radius 1 is 1.24 bits per heavy atom. The highest BCUT2D eigenvalue weighted by atomic mass is 16.3. The van der Waals surface area contributed by atoms with E-state index in [1.165, 1.54) is 5.57 Å². The van der Waals surface area contributed by atoms with Crippen molar-refractivity contribution in [3.05, 3.63) is 36.0 Å². The number of carbonyl (C=O) groups excluding carboxylic acids is 1. The van der Waals surface area contributed by atoms with Crippen LogP contribution in [0.5, 0.6) is 0 Å². The number of allylic oxidation sites excluding steroid dienone is 2. The monoisotopic (exact) mass is 336 g/mol. The molecule has 0 aromatic rings. The Kier molecular flexibility index (Phi) is 3.36. The summed E-state index contributed by atoms with van der Waals surface area (Å²) in [4.78, 5) is 12.0. The lowest BCUT2D eigenvalue weighted by molar-refractivity contribution is -0.118. The summed E-state index contributed by atoms with van der Waals surface area (Å²) in [7, 11) is 0. The summed E-state index contributed by atoms with van der Waals surface area (Å²) >= 11 is 0. The van der Waals surface area contributed by atoms with Crippen LogP contribution in [0.4, 0.5) is 0 Å². The molecule has 6 atom stereocenters. The second kappa shape index (κ2) is 4.98. The van der Waals surface area contributed by atoms with E-state index in [-0.39, 0.29) is 16.6 Å². The number of rotatable bonds is 0. The van der Waals surface area contributed by atoms with E-state index in [2.05, 4.69) is 32.9 Å². The van der Waals surface area contributed by atoms with Gasteiger partial charge in [0.25, 0.3) is 0 Å². The zero-order chi connectivity index (χ0) is 18.2. The molecule has 0 radical (unpaired) electrons. The lowest BCUT2D eigenvalue weighted by atomic mass is 9.46. The third kappa shape index (κ3) is 1.88. The Morgan fingerprint density at radius 3 is 2.64 bits per heavy atom. The van der Waals surface area contributed by atoms with Crippen LogP contribution in [-0.2, 0) is 4.79 Å². The van der Waals surface area contributed by atoms with Crippen LogP contribution in [0.25, 0.3) is 0 Å². The third-order valence-corrected chi connectivity index (χ3v) is 8.33. The predicted molar refractivity (Wildman–Crippen MR) is 99.5 cm³/mol. The molecule has 2 heteroatoms. The minimum atomic E-state index is -1.19. The van der Waals surface area contributed by atoms with Gasteiger partial charge in [0, 0.05) is 11.8 Å². The number of ketones is 1. The molecule has 25 heavy (non-hydrogen) atoms. The first-order valence-corrected chi connectivity index (χ1v) is 9.49. The SMILES string of the molecule is C#C[C@]1(O)C(=C)CC2C3CC(=C)C4=CC(=O)CC[C@]4(C)C3CC[C@@]21C. The second-order valence-corrected chi connectivity index (χ2v) is 9.24. The highest BCUT2D eigenvalue weighted by molar-refractivity contribution is 5.92. The standard InChI is InChI=1S/C23H28O2/c1-6-23(25)15(3)12-20-17-11-14(2)19-13-16(24)7-9-21(19,4)18(17)8-10-22(20,23)5/h1,13,17-18,20,25H,2-3,7-12H2,4-5H3/t17?,18?,20?,21-,22+,23+/m1/s1. The molecule has 0 saturated heterocycles. The molecule has 0 heterocycles. The zero-order valence-corrected chi connectivity index (χ0v) is 15.4. The molecule has 0 aliphatic heterocycles. The number of hydrogen-bond acceptors (Lipinski definition) is 2. The average molecular weight is 336 g/mol. The van der Waals surface area contributed by atoms with E-state index in [1.54, 1.807) is 0 Å². The molecular weight excluding hydrogens is 308 g/mol. The molecule has 0 amide bonds. The van der Waals surface area contributed by atoms with Gasteiger partial charge in [0.15, 0.2) is 11.4 Å². The summed E-state index contributed by atoms with van der Waals surface area (Å²) in [5.74, 6) is 4.26. The first kappa shape index (κ1) is 16.9. The zero-order valence-electron chi connectivity index (χ0n) is 15.4. The van der Waals surface area contributed by atoms with Crippen molar-refractivity contribution in [2.45, 2.75) is 58.0 Å². The van der Waals surface area contributed by atoms with Gasteiger partial charge in [-0.1, -0.05) is 38.5 Å². The summed E-state index contributed by atoms with van der Waals surface area (Å²) in [6, 6.07) is 0. The van der Waals surface area contributed by atoms with Crippen LogP contribution in [0.15, 0.2) is 36.0 Å². The first-order chi connectivity index (χ1) is 11.7. The van der Waals surface area contributed by atoms with Crippen molar-refractivity contribution in [1.29, 1.82) is 0 Å². The molecule has 3 saturated carbocycles. The molecule has 4 aliphatic rings. The van der Waals surface area contributed by atoms with Crippen LogP contribution < -0.4 is 0 Å². The minimum Gasteiger partial charge on any atom is -0.373 e. The Bertz CT molecular complexity index is 765. The number of fused-ring (bicyclic) bond motifs is 5. The Hall–Kier alpha value is -1.59. The van der Waals surface area contributed by atoms with Gasteiger partial charge in [-0.3, -0.25) is 4.79 Å². The molecule has 4 rings (SSSR count). The van der Waals surface area contributed by atoms with Crippen molar-refractivity contribution in [3.8, 4) is 12.3 Å². The molecule has 132 valence electrons. The molecule has 3 unspecified atom stereocenters. The van der Waals surface area contributed by atoms with Crippen LogP contribution in [0.3, 0.4) is 0 Å². The van der Waals surface area contributed by atoms with E-state index < -0.39 is 5.60 Å². The number of carbonyl (C=O) groups is 1. The van der Waals surface area contributed by atoms with E-state index >= 15 is 0 Å². The van der Waals surface area contributed by atoms with Crippen molar-refractivity contribution >= 4 is 5.78 Å². The van der Waals surface area contributed by atoms with Crippen LogP contribution in [0.1, 0.15) is 52.4 Å². The Labute approximate surface area is 151 Å². The fraction of sp³-hybridized carbons (Fsp3) is 0.609. The Morgan fingerprint density at radius 2 is 1.96 bits per heavy atom. The summed E-state index contributed by atoms with van der Waals surface area (Å²) in [5, 5.41) is 11.2. The van der Waals surface area contributed by atoms with Crippen LogP contribution in [0, 0.1) is 40.9 Å². The van der Waals surface area contributed by atoms with Gasteiger partial charge in [0.1, 0.15) is 0 Å². The summed E-state index contributed by atoms with van der Waals surface area (Å²) < 4.78 is 0. The van der Waals surface area contributed by atoms with E-state index in [0.717, 1.165) is 43.3 Å². The minimum absolute atomic E-state index is 0.0351. The van der Waals surface area contributed by atoms with Crippen molar-refractivity contribution in [3.63, 3.8) is 0 Å². The molecular formula is C23H28O2. The summed E-state index contributed by atoms with van der Waals surface area (Å²) in [6.07, 6.45) is 12.9. The topological polar surface area (TPSA) is 37.3 Å². The van der Waals surface area contributed by atoms with Gasteiger partial charge in [0.05, 0.1) is 0 Å². The van der Waals surface area contributed by atoms with Crippen molar-refractivity contribution in [2.75, 3.05) is 0 Å². The normalized spacial score (nSPS) is 49.0. The maximum Gasteiger partial charge on any atom is 0.156 e. The summed E-state index contributed by atoms with van der Waals surface area (Å²) in [5.41, 5.74) is 1.65. The molecule has 0 bridgehead atoms. The quantitative estimate of drug-likeness (QED) is 0.531. The fourth-order valence-electron chi connectivity index (χ4n) is 6.79. The highest BCUT2D eigenvalue weighted by Gasteiger charge is 2.65. The molecule has 0 spiro atoms. The molecule has 2 nitrogen and oxygen atoms in total. The molecule has 1 N–H and O–H groups in total. The van der Waals surface area contributed by atoms with Gasteiger partial charge in [0.2, 0.25) is 0 Å². The van der Waals surface area contributed by atoms with Crippen molar-refractivity contribution in [1.82, 2.24) is 0 Å². The average Bonchev–Trinajstić information content (AvgIpc) is 2.78. The van der Waals surface area contributed by atoms with E-state index in [1.807, 2.05) is 6.08 Å². The van der Waals surface area contributed by atoms with Crippen LogP contribution in [-0.4, -0.2) is 16.5 Å². The van der Waals surface area contributed by atoms with Gasteiger partial charge in [-0.2, -0.15) is 0 Å². The molecule has 0 aromatic carbocycles. The van der Waals surface area contributed by atoms with Crippen molar-refractivity contribution in [2.24, 2.45) is 28.6 Å². The van der Waals surface area contributed by atoms with Crippen molar-refractivity contribution < 1.29 is 9.90 Å². The van der Waals surface area contributed by atoms with Gasteiger partial charge in [-0.25, -0.2) is 0 Å². The number of terminal acetylenes is 1. The van der Waals surface area contributed by atoms with E-state index in [0.29, 0.717) is 24.2 Å². The van der Waals surface area contributed by atoms with Gasteiger partial charge in [-0.15, -0.1) is 6.42 Å². The molecule has 0 aromatic heterocycles. The summed E-state index contributed by atoms with van der Waals surface area (Å²) in [6.45, 7) is 13.0. The number of hydrogen-bond donors (Lipinski definition) is 1. The highest BCUT2D eigenvalue weighted by Crippen LogP contribution is 2.68. The lowest BCUT2D eigenvalue weighted by Gasteiger charge is -2.58. The number of aliphatic hydroxyl groups is 1. The van der Waals surface area contributed by atoms with Crippen LogP contribution >= 0.6 is 0 Å². The van der Waals surface area contributed by atoms with Gasteiger partial charge >= 0.3 is 0 Å². The van der Waals surface area contributed by atoms with E-state index in [9.17, 15) is 9.90 Å². The largest absolute Gasteiger partial charge is 0.373 e. The molecule has 3 fully saturated rings. The predicted octanol–water partition coefficient (Wildman–Crippen LogP) is 4.21. The lowest BCUT2D eigenvalue weighted by Crippen LogP contribution is -2.54. The first-order valence-electron chi connectivity index (χ1n) is 9.49. The molecule has 4 aliphatic carbocycles. The van der Waals surface area contributed by atoms with Crippen LogP contribution in [0.2, 0.25) is 0 Å². The third-order valence-electron chi connectivity index (χ3n) is 8.33. The maximum atomic E-state index is 12.0. The maximum absolute atomic E-state index is 12.0. The van der Waals surface area contributed by atoms with E-state index in [4.69, 9.17) is 6.42 Å². The smallest absolute Gasteiger partial charge is 0.156 e. The Balaban J connectivity index is 1.78. The van der Waals surface area contributed by atoms with Gasteiger partial charge < -0.3 is 5.11 Å². The fourth-order valence-corrected chi connectivity index (χ4v) is 6.79. The van der Waals surface area contributed by atoms with Gasteiger partial charge in [-0.05, 0) is 72.5 Å². The second-order valence-electron chi connectivity index (χ2n) is 9.24.